The van der Waals surface area contributed by atoms with Crippen LogP contribution in [0.25, 0.3) is 10.2 Å². The van der Waals surface area contributed by atoms with Crippen LogP contribution in [0, 0.1) is 0 Å². The zero-order valence-corrected chi connectivity index (χ0v) is 21.8. The molecule has 0 saturated heterocycles. The van der Waals surface area contributed by atoms with Crippen molar-refractivity contribution in [2.75, 3.05) is 16.9 Å². The van der Waals surface area contributed by atoms with E-state index in [0.29, 0.717) is 20.4 Å². The topological polar surface area (TPSA) is 101 Å². The van der Waals surface area contributed by atoms with Crippen LogP contribution in [-0.4, -0.2) is 39.7 Å². The minimum Gasteiger partial charge on any atom is -0.284 e. The molecule has 0 unspecified atom stereocenters. The van der Waals surface area contributed by atoms with Gasteiger partial charge in [0.2, 0.25) is 5.91 Å². The van der Waals surface area contributed by atoms with Crippen LogP contribution in [0.4, 0.5) is 5.13 Å². The van der Waals surface area contributed by atoms with Gasteiger partial charge in [-0.25, -0.2) is 21.8 Å². The summed E-state index contributed by atoms with van der Waals surface area (Å²) in [7, 11) is -7.10. The Bertz CT molecular complexity index is 1580. The summed E-state index contributed by atoms with van der Waals surface area (Å²) in [6, 6.07) is 19.7. The second kappa shape index (κ2) is 10.1. The van der Waals surface area contributed by atoms with Crippen LogP contribution < -0.4 is 4.90 Å². The summed E-state index contributed by atoms with van der Waals surface area (Å²) >= 11 is 7.03. The number of anilines is 1. The van der Waals surface area contributed by atoms with Crippen LogP contribution in [0.15, 0.2) is 82.6 Å². The Morgan fingerprint density at radius 2 is 1.60 bits per heavy atom. The van der Waals surface area contributed by atoms with Gasteiger partial charge in [0.05, 0.1) is 32.3 Å². The number of hydrogen-bond acceptors (Lipinski definition) is 7. The summed E-state index contributed by atoms with van der Waals surface area (Å²) < 4.78 is 50.0. The lowest BCUT2D eigenvalue weighted by molar-refractivity contribution is -0.118. The molecular formula is C24H21ClN2O5S3. The van der Waals surface area contributed by atoms with Crippen LogP contribution in [0.1, 0.15) is 12.0 Å². The number of sulfone groups is 2. The van der Waals surface area contributed by atoms with Crippen molar-refractivity contribution >= 4 is 63.9 Å². The highest BCUT2D eigenvalue weighted by atomic mass is 35.5. The Kier molecular flexibility index (Phi) is 7.27. The van der Waals surface area contributed by atoms with Crippen molar-refractivity contribution in [1.82, 2.24) is 4.98 Å². The number of aromatic nitrogens is 1. The zero-order chi connectivity index (χ0) is 25.2. The minimum atomic E-state index is -3.70. The molecule has 1 amide bonds. The largest absolute Gasteiger partial charge is 0.284 e. The van der Waals surface area contributed by atoms with Gasteiger partial charge >= 0.3 is 0 Å². The molecule has 0 aliphatic heterocycles. The summed E-state index contributed by atoms with van der Waals surface area (Å²) in [4.78, 5) is 19.5. The first-order valence-corrected chi connectivity index (χ1v) is 15.2. The molecule has 0 bridgehead atoms. The lowest BCUT2D eigenvalue weighted by Gasteiger charge is -2.20. The number of fused-ring (bicyclic) bond motifs is 1. The normalized spacial score (nSPS) is 12.1. The van der Waals surface area contributed by atoms with Crippen LogP contribution in [0.2, 0.25) is 5.02 Å². The van der Waals surface area contributed by atoms with Gasteiger partial charge in [-0.05, 0) is 48.0 Å². The third-order valence-electron chi connectivity index (χ3n) is 5.25. The fourth-order valence-electron chi connectivity index (χ4n) is 3.38. The highest BCUT2D eigenvalue weighted by Crippen LogP contribution is 2.32. The fraction of sp³-hybridized carbons (Fsp3) is 0.167. The first-order valence-electron chi connectivity index (χ1n) is 10.5. The number of nitrogens with zero attached hydrogens (tertiary/aromatic N) is 2. The number of carbonyl (C=O) groups excluding carboxylic acids is 1. The van der Waals surface area contributed by atoms with Crippen molar-refractivity contribution in [1.29, 1.82) is 0 Å². The van der Waals surface area contributed by atoms with E-state index in [4.69, 9.17) is 11.6 Å². The molecule has 0 radical (unpaired) electrons. The predicted molar refractivity (Wildman–Crippen MR) is 138 cm³/mol. The van der Waals surface area contributed by atoms with E-state index in [-0.39, 0.29) is 28.5 Å². The third-order valence-corrected chi connectivity index (χ3v) is 9.38. The maximum Gasteiger partial charge on any atom is 0.230 e. The second-order valence-corrected chi connectivity index (χ2v) is 13.5. The molecular weight excluding hydrogens is 528 g/mol. The molecule has 182 valence electrons. The lowest BCUT2D eigenvalue weighted by atomic mass is 10.2. The van der Waals surface area contributed by atoms with Crippen molar-refractivity contribution in [3.05, 3.63) is 83.4 Å². The van der Waals surface area contributed by atoms with E-state index in [1.54, 1.807) is 6.07 Å². The number of hydrogen-bond donors (Lipinski definition) is 0. The van der Waals surface area contributed by atoms with Gasteiger partial charge in [-0.3, -0.25) is 9.69 Å². The maximum atomic E-state index is 13.3. The molecule has 0 aliphatic carbocycles. The fourth-order valence-corrected chi connectivity index (χ4v) is 6.48. The first kappa shape index (κ1) is 25.3. The molecule has 4 rings (SSSR count). The number of carbonyl (C=O) groups is 1. The van der Waals surface area contributed by atoms with Gasteiger partial charge in [0.15, 0.2) is 24.8 Å². The number of benzene rings is 3. The zero-order valence-electron chi connectivity index (χ0n) is 18.6. The molecule has 4 aromatic rings. The van der Waals surface area contributed by atoms with Crippen molar-refractivity contribution in [3.8, 4) is 0 Å². The van der Waals surface area contributed by atoms with Gasteiger partial charge in [0, 0.05) is 17.7 Å². The van der Waals surface area contributed by atoms with Gasteiger partial charge in [-0.15, -0.1) is 0 Å². The molecule has 3 aromatic carbocycles. The molecule has 0 atom stereocenters. The Morgan fingerprint density at radius 1 is 0.943 bits per heavy atom. The standard InChI is InChI=1S/C24H21ClN2O5S3/c1-34(29,30)20-11-12-21-22(15-20)33-24(26-21)27(16-17-5-3-2-4-6-17)23(28)13-14-35(31,32)19-9-7-18(25)8-10-19/h2-12,15H,13-14,16H2,1H3. The van der Waals surface area contributed by atoms with E-state index in [1.807, 2.05) is 30.3 Å². The lowest BCUT2D eigenvalue weighted by Crippen LogP contribution is -2.31. The van der Waals surface area contributed by atoms with E-state index < -0.39 is 25.6 Å². The van der Waals surface area contributed by atoms with Gasteiger partial charge in [0.1, 0.15) is 0 Å². The molecule has 0 aliphatic rings. The summed E-state index contributed by atoms with van der Waals surface area (Å²) in [6.07, 6.45) is 0.880. The highest BCUT2D eigenvalue weighted by molar-refractivity contribution is 7.91. The van der Waals surface area contributed by atoms with Gasteiger partial charge in [0.25, 0.3) is 0 Å². The average molecular weight is 549 g/mol. The molecule has 11 heteroatoms. The van der Waals surface area contributed by atoms with E-state index in [1.165, 1.54) is 52.6 Å². The molecule has 35 heavy (non-hydrogen) atoms. The average Bonchev–Trinajstić information content (AvgIpc) is 3.24. The molecule has 0 fully saturated rings. The quantitative estimate of drug-likeness (QED) is 0.315. The number of amides is 1. The number of thiazole rings is 1. The van der Waals surface area contributed by atoms with E-state index >= 15 is 0 Å². The van der Waals surface area contributed by atoms with Gasteiger partial charge in [-0.1, -0.05) is 53.3 Å². The number of rotatable bonds is 8. The van der Waals surface area contributed by atoms with Crippen molar-refractivity contribution in [2.45, 2.75) is 22.8 Å². The SMILES string of the molecule is CS(=O)(=O)c1ccc2nc(N(Cc3ccccc3)C(=O)CCS(=O)(=O)c3ccc(Cl)cc3)sc2c1. The molecule has 1 aromatic heterocycles. The van der Waals surface area contributed by atoms with Gasteiger partial charge in [-0.2, -0.15) is 0 Å². The highest BCUT2D eigenvalue weighted by Gasteiger charge is 2.24. The Hall–Kier alpha value is -2.79. The van der Waals surface area contributed by atoms with Crippen LogP contribution in [0.3, 0.4) is 0 Å². The molecule has 0 saturated carbocycles. The summed E-state index contributed by atoms with van der Waals surface area (Å²) in [5, 5.41) is 0.785. The second-order valence-electron chi connectivity index (χ2n) is 7.89. The number of halogens is 1. The van der Waals surface area contributed by atoms with Crippen molar-refractivity contribution in [2.24, 2.45) is 0 Å². The third kappa shape index (κ3) is 6.07. The Balaban J connectivity index is 1.64. The van der Waals surface area contributed by atoms with E-state index in [9.17, 15) is 21.6 Å². The maximum absolute atomic E-state index is 13.3. The van der Waals surface area contributed by atoms with Crippen molar-refractivity contribution in [3.63, 3.8) is 0 Å². The monoisotopic (exact) mass is 548 g/mol. The summed E-state index contributed by atoms with van der Waals surface area (Å²) in [5.74, 6) is -0.782. The van der Waals surface area contributed by atoms with Crippen LogP contribution in [0.5, 0.6) is 0 Å². The predicted octanol–water partition coefficient (Wildman–Crippen LogP) is 4.75. The van der Waals surface area contributed by atoms with E-state index in [2.05, 4.69) is 4.98 Å². The van der Waals surface area contributed by atoms with E-state index in [0.717, 1.165) is 11.8 Å². The molecule has 7 nitrogen and oxygen atoms in total. The summed E-state index contributed by atoms with van der Waals surface area (Å²) in [6.45, 7) is 0.194. The molecule has 0 N–H and O–H groups in total. The Labute approximate surface area is 212 Å². The first-order chi connectivity index (χ1) is 16.5. The van der Waals surface area contributed by atoms with Crippen LogP contribution in [-0.2, 0) is 31.0 Å². The van der Waals surface area contributed by atoms with Crippen molar-refractivity contribution < 1.29 is 21.6 Å². The summed E-state index contributed by atoms with van der Waals surface area (Å²) in [5.41, 5.74) is 1.40. The van der Waals surface area contributed by atoms with Crippen LogP contribution >= 0.6 is 22.9 Å². The minimum absolute atomic E-state index is 0.0950. The molecule has 0 spiro atoms. The van der Waals surface area contributed by atoms with Gasteiger partial charge < -0.3 is 0 Å². The molecule has 1 heterocycles. The Morgan fingerprint density at radius 3 is 2.26 bits per heavy atom. The smallest absolute Gasteiger partial charge is 0.230 e.